The summed E-state index contributed by atoms with van der Waals surface area (Å²) in [5.74, 6) is 0. The van der Waals surface area contributed by atoms with Crippen LogP contribution in [-0.2, 0) is 13.5 Å². The van der Waals surface area contributed by atoms with Gasteiger partial charge in [0, 0.05) is 45.9 Å². The zero-order chi connectivity index (χ0) is 26.9. The van der Waals surface area contributed by atoms with Gasteiger partial charge < -0.3 is 9.47 Å². The van der Waals surface area contributed by atoms with E-state index in [1.807, 2.05) is 0 Å². The van der Waals surface area contributed by atoms with Crippen LogP contribution < -0.4 is 4.90 Å². The van der Waals surface area contributed by atoms with Crippen molar-refractivity contribution < 1.29 is 0 Å². The van der Waals surface area contributed by atoms with Crippen LogP contribution in [0.25, 0.3) is 32.9 Å². The van der Waals surface area contributed by atoms with Crippen LogP contribution in [0.1, 0.15) is 11.1 Å². The molecule has 0 spiro atoms. The third kappa shape index (κ3) is 4.44. The van der Waals surface area contributed by atoms with Crippen molar-refractivity contribution in [2.24, 2.45) is 7.05 Å². The van der Waals surface area contributed by atoms with Crippen molar-refractivity contribution in [3.63, 3.8) is 0 Å². The van der Waals surface area contributed by atoms with Gasteiger partial charge in [-0.05, 0) is 77.2 Å². The molecule has 0 bridgehead atoms. The Hall–Kier alpha value is -5.08. The minimum absolute atomic E-state index is 0.953. The molecule has 192 valence electrons. The maximum absolute atomic E-state index is 2.33. The van der Waals surface area contributed by atoms with Crippen LogP contribution in [0.15, 0.2) is 152 Å². The molecule has 6 aromatic carbocycles. The number of para-hydroxylation sites is 2. The molecule has 40 heavy (non-hydrogen) atoms. The van der Waals surface area contributed by atoms with Gasteiger partial charge in [0.15, 0.2) is 0 Å². The van der Waals surface area contributed by atoms with Gasteiger partial charge in [0.05, 0.1) is 0 Å². The van der Waals surface area contributed by atoms with Crippen LogP contribution in [-0.4, -0.2) is 4.57 Å². The molecule has 0 saturated carbocycles. The van der Waals surface area contributed by atoms with Gasteiger partial charge in [-0.25, -0.2) is 0 Å². The zero-order valence-corrected chi connectivity index (χ0v) is 22.5. The molecule has 0 fully saturated rings. The standard InChI is InChI=1S/C38H30N2/c1-39-37-24-22-34(40(32-13-7-3-8-14-32)33-15-9-4-10-16-33)27-36(37)35-23-21-31(26-38(35)39)30-19-17-29(18-20-30)25-28-11-5-2-6-12-28/h2-24,26-27H,25H2,1H3. The molecule has 0 aliphatic heterocycles. The lowest BCUT2D eigenvalue weighted by Gasteiger charge is -2.25. The second-order valence-corrected chi connectivity index (χ2v) is 10.4. The number of aromatic nitrogens is 1. The number of hydrogen-bond acceptors (Lipinski definition) is 1. The van der Waals surface area contributed by atoms with Crippen LogP contribution >= 0.6 is 0 Å². The van der Waals surface area contributed by atoms with Gasteiger partial charge in [0.25, 0.3) is 0 Å². The van der Waals surface area contributed by atoms with Gasteiger partial charge in [-0.2, -0.15) is 0 Å². The fraction of sp³-hybridized carbons (Fsp3) is 0.0526. The normalized spacial score (nSPS) is 11.2. The summed E-state index contributed by atoms with van der Waals surface area (Å²) >= 11 is 0. The highest BCUT2D eigenvalue weighted by Gasteiger charge is 2.15. The van der Waals surface area contributed by atoms with E-state index >= 15 is 0 Å². The monoisotopic (exact) mass is 514 g/mol. The van der Waals surface area contributed by atoms with Crippen LogP contribution in [0.3, 0.4) is 0 Å². The van der Waals surface area contributed by atoms with E-state index in [0.717, 1.165) is 23.5 Å². The van der Waals surface area contributed by atoms with Gasteiger partial charge >= 0.3 is 0 Å². The predicted molar refractivity (Wildman–Crippen MR) is 170 cm³/mol. The van der Waals surface area contributed by atoms with Gasteiger partial charge in [0.1, 0.15) is 0 Å². The molecule has 7 aromatic rings. The quantitative estimate of drug-likeness (QED) is 0.214. The number of benzene rings is 6. The van der Waals surface area contributed by atoms with Gasteiger partial charge in [-0.1, -0.05) is 103 Å². The average Bonchev–Trinajstić information content (AvgIpc) is 3.30. The van der Waals surface area contributed by atoms with Crippen molar-refractivity contribution in [2.45, 2.75) is 6.42 Å². The van der Waals surface area contributed by atoms with E-state index in [1.165, 1.54) is 44.1 Å². The molecule has 2 nitrogen and oxygen atoms in total. The maximum Gasteiger partial charge on any atom is 0.0494 e. The molecule has 0 radical (unpaired) electrons. The number of fused-ring (bicyclic) bond motifs is 3. The number of nitrogens with zero attached hydrogens (tertiary/aromatic N) is 2. The zero-order valence-electron chi connectivity index (χ0n) is 22.5. The SMILES string of the molecule is Cn1c2ccc(N(c3ccccc3)c3ccccc3)cc2c2ccc(-c3ccc(Cc4ccccc4)cc3)cc21. The first-order chi connectivity index (χ1) is 19.7. The second-order valence-electron chi connectivity index (χ2n) is 10.4. The number of anilines is 3. The smallest absolute Gasteiger partial charge is 0.0494 e. The molecule has 0 amide bonds. The average molecular weight is 515 g/mol. The fourth-order valence-corrected chi connectivity index (χ4v) is 5.77. The Labute approximate surface area is 235 Å². The summed E-state index contributed by atoms with van der Waals surface area (Å²) < 4.78 is 2.32. The fourth-order valence-electron chi connectivity index (χ4n) is 5.77. The third-order valence-electron chi connectivity index (χ3n) is 7.82. The van der Waals surface area contributed by atoms with E-state index in [9.17, 15) is 0 Å². The van der Waals surface area contributed by atoms with Crippen molar-refractivity contribution in [1.29, 1.82) is 0 Å². The van der Waals surface area contributed by atoms with E-state index in [1.54, 1.807) is 0 Å². The minimum Gasteiger partial charge on any atom is -0.344 e. The molecule has 0 saturated heterocycles. The highest BCUT2D eigenvalue weighted by Crippen LogP contribution is 2.39. The molecule has 0 N–H and O–H groups in total. The molecule has 1 heterocycles. The Balaban J connectivity index is 1.27. The van der Waals surface area contributed by atoms with Gasteiger partial charge in [-0.15, -0.1) is 0 Å². The highest BCUT2D eigenvalue weighted by atomic mass is 15.1. The van der Waals surface area contributed by atoms with Crippen LogP contribution in [0, 0.1) is 0 Å². The lowest BCUT2D eigenvalue weighted by atomic mass is 9.99. The molecule has 0 unspecified atom stereocenters. The first kappa shape index (κ1) is 24.0. The Morgan fingerprint density at radius 1 is 0.450 bits per heavy atom. The number of rotatable bonds is 6. The van der Waals surface area contributed by atoms with Crippen LogP contribution in [0.5, 0.6) is 0 Å². The van der Waals surface area contributed by atoms with Gasteiger partial charge in [0.2, 0.25) is 0 Å². The van der Waals surface area contributed by atoms with E-state index in [-0.39, 0.29) is 0 Å². The Kier molecular flexibility index (Phi) is 6.14. The van der Waals surface area contributed by atoms with Crippen molar-refractivity contribution in [3.05, 3.63) is 163 Å². The van der Waals surface area contributed by atoms with E-state index < -0.39 is 0 Å². The van der Waals surface area contributed by atoms with Crippen molar-refractivity contribution in [2.75, 3.05) is 4.90 Å². The molecular weight excluding hydrogens is 484 g/mol. The first-order valence-electron chi connectivity index (χ1n) is 13.8. The number of aryl methyl sites for hydroxylation is 1. The van der Waals surface area contributed by atoms with Crippen LogP contribution in [0.2, 0.25) is 0 Å². The highest BCUT2D eigenvalue weighted by molar-refractivity contribution is 6.10. The van der Waals surface area contributed by atoms with Crippen molar-refractivity contribution in [1.82, 2.24) is 4.57 Å². The second kappa shape index (κ2) is 10.2. The molecule has 0 aliphatic rings. The largest absolute Gasteiger partial charge is 0.344 e. The van der Waals surface area contributed by atoms with Crippen molar-refractivity contribution in [3.8, 4) is 11.1 Å². The summed E-state index contributed by atoms with van der Waals surface area (Å²) in [6.45, 7) is 0. The van der Waals surface area contributed by atoms with Gasteiger partial charge in [-0.3, -0.25) is 0 Å². The number of hydrogen-bond donors (Lipinski definition) is 0. The molecular formula is C38H30N2. The Morgan fingerprint density at radius 3 is 1.68 bits per heavy atom. The minimum atomic E-state index is 0.953. The molecule has 0 aliphatic carbocycles. The van der Waals surface area contributed by atoms with E-state index in [0.29, 0.717) is 0 Å². The first-order valence-corrected chi connectivity index (χ1v) is 13.8. The Morgan fingerprint density at radius 2 is 1.02 bits per heavy atom. The topological polar surface area (TPSA) is 8.17 Å². The summed E-state index contributed by atoms with van der Waals surface area (Å²) in [4.78, 5) is 2.32. The summed E-state index contributed by atoms with van der Waals surface area (Å²) in [6.07, 6.45) is 0.953. The summed E-state index contributed by atoms with van der Waals surface area (Å²) in [5.41, 5.74) is 11.1. The maximum atomic E-state index is 2.33. The predicted octanol–water partition coefficient (Wildman–Crippen LogP) is 10.1. The lowest BCUT2D eigenvalue weighted by molar-refractivity contribution is 1.01. The summed E-state index contributed by atoms with van der Waals surface area (Å²) in [6, 6.07) is 54.5. The molecule has 2 heteroatoms. The Bertz CT molecular complexity index is 1860. The van der Waals surface area contributed by atoms with Crippen LogP contribution in [0.4, 0.5) is 17.1 Å². The van der Waals surface area contributed by atoms with E-state index in [4.69, 9.17) is 0 Å². The lowest BCUT2D eigenvalue weighted by Crippen LogP contribution is -2.09. The molecule has 1 aromatic heterocycles. The molecule has 7 rings (SSSR count). The third-order valence-corrected chi connectivity index (χ3v) is 7.82. The van der Waals surface area contributed by atoms with E-state index in [2.05, 4.69) is 168 Å². The van der Waals surface area contributed by atoms with Crippen molar-refractivity contribution >= 4 is 38.9 Å². The summed E-state index contributed by atoms with van der Waals surface area (Å²) in [5, 5.41) is 2.53. The summed E-state index contributed by atoms with van der Waals surface area (Å²) in [7, 11) is 2.17. The molecule has 0 atom stereocenters.